The maximum Gasteiger partial charge on any atom is 0.407 e. The minimum absolute atomic E-state index is 0.0332. The van der Waals surface area contributed by atoms with Gasteiger partial charge in [-0.2, -0.15) is 0 Å². The second kappa shape index (κ2) is 8.94. The van der Waals surface area contributed by atoms with Gasteiger partial charge in [-0.3, -0.25) is 4.79 Å². The van der Waals surface area contributed by atoms with E-state index in [9.17, 15) is 28.3 Å². The van der Waals surface area contributed by atoms with Gasteiger partial charge in [0.1, 0.15) is 12.6 Å². The molecule has 0 spiro atoms. The Hall–Kier alpha value is -3.49. The molecule has 0 aromatic heterocycles. The van der Waals surface area contributed by atoms with Crippen molar-refractivity contribution in [2.75, 3.05) is 13.2 Å². The Bertz CT molecular complexity index is 1120. The predicted molar refractivity (Wildman–Crippen MR) is 122 cm³/mol. The summed E-state index contributed by atoms with van der Waals surface area (Å²) in [6.07, 6.45) is -0.241. The van der Waals surface area contributed by atoms with Gasteiger partial charge in [-0.25, -0.2) is 18.4 Å². The maximum absolute atomic E-state index is 13.8. The minimum atomic E-state index is -3.24. The molecule has 2 N–H and O–H groups in total. The number of amides is 2. The number of halogens is 2. The van der Waals surface area contributed by atoms with E-state index < -0.39 is 48.9 Å². The van der Waals surface area contributed by atoms with E-state index in [1.54, 1.807) is 0 Å². The SMILES string of the molecule is O=C(NC(CC(=O)N1CC(F)(F)C[C@H]1C(=O)O)C1CC1)OCC1c2ccccc2-c2ccccc21. The van der Waals surface area contributed by atoms with Crippen LogP contribution in [0.2, 0.25) is 0 Å². The lowest BCUT2D eigenvalue weighted by Gasteiger charge is -2.25. The molecule has 1 aliphatic heterocycles. The van der Waals surface area contributed by atoms with Gasteiger partial charge in [0.2, 0.25) is 5.91 Å². The molecule has 9 heteroatoms. The van der Waals surface area contributed by atoms with Crippen LogP contribution in [0.1, 0.15) is 42.7 Å². The molecule has 1 unspecified atom stereocenters. The Labute approximate surface area is 201 Å². The second-order valence-electron chi connectivity index (χ2n) is 9.55. The lowest BCUT2D eigenvalue weighted by molar-refractivity contribution is -0.148. The number of carbonyl (C=O) groups excluding carboxylic acids is 2. The number of fused-ring (bicyclic) bond motifs is 3. The van der Waals surface area contributed by atoms with Crippen molar-refractivity contribution >= 4 is 18.0 Å². The lowest BCUT2D eigenvalue weighted by Crippen LogP contribution is -2.45. The number of carbonyl (C=O) groups is 3. The van der Waals surface area contributed by atoms with Crippen LogP contribution in [-0.4, -0.2) is 59.1 Å². The number of aliphatic carboxylic acids is 1. The normalized spacial score (nSPS) is 21.2. The van der Waals surface area contributed by atoms with Crippen LogP contribution in [0.5, 0.6) is 0 Å². The van der Waals surface area contributed by atoms with E-state index in [0.29, 0.717) is 0 Å². The fraction of sp³-hybridized carbons (Fsp3) is 0.423. The van der Waals surface area contributed by atoms with E-state index in [4.69, 9.17) is 4.74 Å². The predicted octanol–water partition coefficient (Wildman–Crippen LogP) is 4.01. The average molecular weight is 484 g/mol. The molecule has 35 heavy (non-hydrogen) atoms. The number of rotatable bonds is 7. The molecule has 2 amide bonds. The standard InChI is InChI=1S/C26H26F2N2O5/c27-26(28)12-22(24(32)33)30(14-26)23(31)11-21(15-9-10-15)29-25(34)35-13-20-18-7-3-1-5-16(18)17-6-2-4-8-19(17)20/h1-8,15,20-22H,9-14H2,(H,29,34)(H,32,33)/t21?,22-/m0/s1. The van der Waals surface area contributed by atoms with Gasteiger partial charge in [-0.15, -0.1) is 0 Å². The summed E-state index contributed by atoms with van der Waals surface area (Å²) in [6.45, 7) is -0.810. The largest absolute Gasteiger partial charge is 0.480 e. The molecule has 2 atom stereocenters. The third-order valence-electron chi connectivity index (χ3n) is 7.11. The molecule has 2 fully saturated rings. The summed E-state index contributed by atoms with van der Waals surface area (Å²) < 4.78 is 33.2. The summed E-state index contributed by atoms with van der Waals surface area (Å²) >= 11 is 0. The molecule has 5 rings (SSSR count). The van der Waals surface area contributed by atoms with Gasteiger partial charge in [0.05, 0.1) is 6.54 Å². The number of benzene rings is 2. The zero-order valence-corrected chi connectivity index (χ0v) is 19.0. The Morgan fingerprint density at radius 2 is 1.66 bits per heavy atom. The number of alkyl carbamates (subject to hydrolysis) is 1. The molecule has 0 bridgehead atoms. The van der Waals surface area contributed by atoms with Crippen LogP contribution in [0.15, 0.2) is 48.5 Å². The van der Waals surface area contributed by atoms with Crippen molar-refractivity contribution in [3.05, 3.63) is 59.7 Å². The highest BCUT2D eigenvalue weighted by Crippen LogP contribution is 2.44. The van der Waals surface area contributed by atoms with Crippen molar-refractivity contribution in [3.8, 4) is 11.1 Å². The first kappa shape index (κ1) is 23.3. The Balaban J connectivity index is 1.22. The number of alkyl halides is 2. The number of likely N-dealkylation sites (tertiary alicyclic amines) is 1. The first-order valence-corrected chi connectivity index (χ1v) is 11.7. The molecule has 2 aliphatic carbocycles. The number of hydrogen-bond acceptors (Lipinski definition) is 4. The third kappa shape index (κ3) is 4.72. The smallest absolute Gasteiger partial charge is 0.407 e. The van der Waals surface area contributed by atoms with Crippen molar-refractivity contribution in [3.63, 3.8) is 0 Å². The summed E-state index contributed by atoms with van der Waals surface area (Å²) in [7, 11) is 0. The van der Waals surface area contributed by atoms with Crippen LogP contribution >= 0.6 is 0 Å². The van der Waals surface area contributed by atoms with Crippen molar-refractivity contribution in [1.29, 1.82) is 0 Å². The zero-order chi connectivity index (χ0) is 24.7. The van der Waals surface area contributed by atoms with Gasteiger partial charge >= 0.3 is 12.1 Å². The van der Waals surface area contributed by atoms with Gasteiger partial charge in [0.15, 0.2) is 0 Å². The van der Waals surface area contributed by atoms with Crippen molar-refractivity contribution in [2.24, 2.45) is 5.92 Å². The molecule has 1 saturated heterocycles. The fourth-order valence-electron chi connectivity index (χ4n) is 5.23. The molecule has 2 aromatic rings. The van der Waals surface area contributed by atoms with Crippen molar-refractivity contribution in [1.82, 2.24) is 10.2 Å². The highest BCUT2D eigenvalue weighted by molar-refractivity contribution is 5.85. The molecular formula is C26H26F2N2O5. The Kier molecular flexibility index (Phi) is 5.94. The van der Waals surface area contributed by atoms with Gasteiger partial charge in [-0.05, 0) is 41.0 Å². The molecule has 0 radical (unpaired) electrons. The van der Waals surface area contributed by atoms with Gasteiger partial charge in [-0.1, -0.05) is 48.5 Å². The highest BCUT2D eigenvalue weighted by Gasteiger charge is 2.50. The molecule has 1 heterocycles. The van der Waals surface area contributed by atoms with E-state index in [2.05, 4.69) is 5.32 Å². The quantitative estimate of drug-likeness (QED) is 0.619. The van der Waals surface area contributed by atoms with Gasteiger partial charge in [0.25, 0.3) is 5.92 Å². The van der Waals surface area contributed by atoms with Crippen LogP contribution in [0.3, 0.4) is 0 Å². The minimum Gasteiger partial charge on any atom is -0.480 e. The van der Waals surface area contributed by atoms with Crippen molar-refractivity contribution < 1.29 is 33.0 Å². The monoisotopic (exact) mass is 484 g/mol. The van der Waals surface area contributed by atoms with Gasteiger partial charge < -0.3 is 20.1 Å². The van der Waals surface area contributed by atoms with Crippen LogP contribution in [-0.2, 0) is 14.3 Å². The molecule has 2 aromatic carbocycles. The molecule has 184 valence electrons. The number of carboxylic acid groups (broad SMARTS) is 1. The number of nitrogens with one attached hydrogen (secondary N) is 1. The van der Waals surface area contributed by atoms with Crippen LogP contribution < -0.4 is 5.32 Å². The van der Waals surface area contributed by atoms with E-state index >= 15 is 0 Å². The number of carboxylic acids is 1. The summed E-state index contributed by atoms with van der Waals surface area (Å²) in [4.78, 5) is 37.5. The van der Waals surface area contributed by atoms with Crippen LogP contribution in [0, 0.1) is 5.92 Å². The van der Waals surface area contributed by atoms with E-state index in [1.165, 1.54) is 0 Å². The third-order valence-corrected chi connectivity index (χ3v) is 7.11. The summed E-state index contributed by atoms with van der Waals surface area (Å²) in [6, 6.07) is 13.8. The molecule has 1 saturated carbocycles. The van der Waals surface area contributed by atoms with Crippen LogP contribution in [0.4, 0.5) is 13.6 Å². The molecule has 7 nitrogen and oxygen atoms in total. The zero-order valence-electron chi connectivity index (χ0n) is 19.0. The van der Waals surface area contributed by atoms with Crippen LogP contribution in [0.25, 0.3) is 11.1 Å². The number of nitrogens with zero attached hydrogens (tertiary/aromatic N) is 1. The Morgan fingerprint density at radius 1 is 1.06 bits per heavy atom. The summed E-state index contributed by atoms with van der Waals surface area (Å²) in [5.74, 6) is -5.48. The first-order chi connectivity index (χ1) is 16.7. The summed E-state index contributed by atoms with van der Waals surface area (Å²) in [5, 5.41) is 12.0. The first-order valence-electron chi connectivity index (χ1n) is 11.7. The highest BCUT2D eigenvalue weighted by atomic mass is 19.3. The van der Waals surface area contributed by atoms with E-state index in [1.807, 2.05) is 48.5 Å². The maximum atomic E-state index is 13.8. The topological polar surface area (TPSA) is 95.9 Å². The number of hydrogen-bond donors (Lipinski definition) is 2. The molecule has 3 aliphatic rings. The van der Waals surface area contributed by atoms with Gasteiger partial charge in [0, 0.05) is 24.8 Å². The second-order valence-corrected chi connectivity index (χ2v) is 9.55. The van der Waals surface area contributed by atoms with E-state index in [-0.39, 0.29) is 24.9 Å². The van der Waals surface area contributed by atoms with E-state index in [0.717, 1.165) is 40.0 Å². The lowest BCUT2D eigenvalue weighted by atomic mass is 9.98. The van der Waals surface area contributed by atoms with Crippen molar-refractivity contribution in [2.45, 2.75) is 49.6 Å². The summed E-state index contributed by atoms with van der Waals surface area (Å²) in [5.41, 5.74) is 4.36. The fourth-order valence-corrected chi connectivity index (χ4v) is 5.23. The molecular weight excluding hydrogens is 458 g/mol. The Morgan fingerprint density at radius 3 is 2.23 bits per heavy atom. The average Bonchev–Trinajstić information content (AvgIpc) is 3.55. The number of ether oxygens (including phenoxy) is 1.